The number of piperidine rings is 3. The van der Waals surface area contributed by atoms with Crippen molar-refractivity contribution in [3.05, 3.63) is 0 Å². The molecule has 14 heavy (non-hydrogen) atoms. The molecule has 0 radical (unpaired) electrons. The minimum Gasteiger partial charge on any atom is -0.369 e. The van der Waals surface area contributed by atoms with Gasteiger partial charge in [-0.2, -0.15) is 0 Å². The minimum absolute atomic E-state index is 0.0561. The van der Waals surface area contributed by atoms with Crippen molar-refractivity contribution in [2.24, 2.45) is 23.5 Å². The summed E-state index contributed by atoms with van der Waals surface area (Å²) in [6, 6.07) is 0. The Morgan fingerprint density at radius 1 is 1.50 bits per heavy atom. The third kappa shape index (κ3) is 1.92. The van der Waals surface area contributed by atoms with E-state index in [4.69, 9.17) is 5.73 Å². The van der Waals surface area contributed by atoms with Crippen LogP contribution in [-0.4, -0.2) is 30.4 Å². The molecule has 2 atom stereocenters. The van der Waals surface area contributed by atoms with E-state index in [0.29, 0.717) is 0 Å². The Balaban J connectivity index is 1.89. The van der Waals surface area contributed by atoms with Crippen molar-refractivity contribution in [2.75, 3.05) is 19.6 Å². The Bertz CT molecular complexity index is 221. The van der Waals surface area contributed by atoms with Gasteiger partial charge in [0.05, 0.1) is 0 Å². The lowest BCUT2D eigenvalue weighted by molar-refractivity contribution is -0.122. The number of amides is 1. The number of carbonyl (C=O) groups is 1. The molecule has 3 saturated heterocycles. The van der Waals surface area contributed by atoms with Crippen LogP contribution in [0.2, 0.25) is 0 Å². The molecule has 0 spiro atoms. The first-order valence-electron chi connectivity index (χ1n) is 5.68. The van der Waals surface area contributed by atoms with Gasteiger partial charge in [0, 0.05) is 12.5 Å². The van der Waals surface area contributed by atoms with Gasteiger partial charge in [0.2, 0.25) is 5.91 Å². The topological polar surface area (TPSA) is 46.3 Å². The Kier molecular flexibility index (Phi) is 2.77. The second-order valence-corrected chi connectivity index (χ2v) is 4.94. The number of hydrogen-bond donors (Lipinski definition) is 1. The molecule has 3 heteroatoms. The van der Waals surface area contributed by atoms with Crippen LogP contribution in [0.1, 0.15) is 26.2 Å². The standard InChI is InChI=1S/C11H20N2O/c1-8(11(12)14)6-10-7-13-4-2-9(10)3-5-13/h8-10H,2-7H2,1H3,(H2,12,14). The lowest BCUT2D eigenvalue weighted by atomic mass is 9.75. The molecule has 3 aliphatic heterocycles. The molecule has 3 fully saturated rings. The predicted octanol–water partition coefficient (Wildman–Crippen LogP) is 0.840. The summed E-state index contributed by atoms with van der Waals surface area (Å²) in [6.07, 6.45) is 3.66. The first-order valence-corrected chi connectivity index (χ1v) is 5.68. The van der Waals surface area contributed by atoms with E-state index in [2.05, 4.69) is 4.90 Å². The molecule has 2 unspecified atom stereocenters. The monoisotopic (exact) mass is 196 g/mol. The number of primary amides is 1. The number of nitrogens with two attached hydrogens (primary N) is 1. The largest absolute Gasteiger partial charge is 0.369 e. The average molecular weight is 196 g/mol. The van der Waals surface area contributed by atoms with Crippen molar-refractivity contribution < 1.29 is 4.79 Å². The van der Waals surface area contributed by atoms with Crippen LogP contribution < -0.4 is 5.73 Å². The number of rotatable bonds is 3. The molecule has 3 heterocycles. The van der Waals surface area contributed by atoms with Crippen LogP contribution in [0.15, 0.2) is 0 Å². The molecular formula is C11H20N2O. The summed E-state index contributed by atoms with van der Waals surface area (Å²) in [5.74, 6) is 1.50. The van der Waals surface area contributed by atoms with Crippen LogP contribution >= 0.6 is 0 Å². The summed E-state index contributed by atoms with van der Waals surface area (Å²) in [7, 11) is 0. The molecule has 1 amide bonds. The molecular weight excluding hydrogens is 176 g/mol. The Hall–Kier alpha value is -0.570. The van der Waals surface area contributed by atoms with Crippen LogP contribution in [0.25, 0.3) is 0 Å². The van der Waals surface area contributed by atoms with Gasteiger partial charge in [-0.15, -0.1) is 0 Å². The summed E-state index contributed by atoms with van der Waals surface area (Å²) >= 11 is 0. The summed E-state index contributed by atoms with van der Waals surface area (Å²) in [5.41, 5.74) is 5.30. The van der Waals surface area contributed by atoms with E-state index in [1.165, 1.54) is 32.5 Å². The average Bonchev–Trinajstić information content (AvgIpc) is 2.19. The van der Waals surface area contributed by atoms with Gasteiger partial charge in [-0.05, 0) is 44.2 Å². The van der Waals surface area contributed by atoms with Gasteiger partial charge in [0.15, 0.2) is 0 Å². The van der Waals surface area contributed by atoms with Crippen molar-refractivity contribution in [2.45, 2.75) is 26.2 Å². The normalized spacial score (nSPS) is 38.2. The highest BCUT2D eigenvalue weighted by Gasteiger charge is 2.35. The number of carbonyl (C=O) groups excluding carboxylic acids is 1. The fourth-order valence-electron chi connectivity index (χ4n) is 2.92. The molecule has 3 nitrogen and oxygen atoms in total. The van der Waals surface area contributed by atoms with Crippen molar-refractivity contribution in [1.29, 1.82) is 0 Å². The maximum Gasteiger partial charge on any atom is 0.220 e. The third-order valence-electron chi connectivity index (χ3n) is 3.93. The molecule has 0 aromatic carbocycles. The van der Waals surface area contributed by atoms with Gasteiger partial charge in [0.1, 0.15) is 0 Å². The van der Waals surface area contributed by atoms with Crippen LogP contribution in [0.3, 0.4) is 0 Å². The first-order chi connectivity index (χ1) is 6.66. The fraction of sp³-hybridized carbons (Fsp3) is 0.909. The molecule has 80 valence electrons. The Morgan fingerprint density at radius 3 is 2.57 bits per heavy atom. The van der Waals surface area contributed by atoms with Crippen molar-refractivity contribution in [3.63, 3.8) is 0 Å². The van der Waals surface area contributed by atoms with Gasteiger partial charge in [-0.25, -0.2) is 0 Å². The molecule has 3 aliphatic rings. The highest BCUT2D eigenvalue weighted by molar-refractivity contribution is 5.76. The quantitative estimate of drug-likeness (QED) is 0.727. The molecule has 0 aromatic rings. The summed E-state index contributed by atoms with van der Waals surface area (Å²) in [6.45, 7) is 5.69. The summed E-state index contributed by atoms with van der Waals surface area (Å²) in [5, 5.41) is 0. The van der Waals surface area contributed by atoms with Gasteiger partial charge in [-0.1, -0.05) is 6.92 Å². The molecule has 2 N–H and O–H groups in total. The van der Waals surface area contributed by atoms with Crippen LogP contribution in [0, 0.1) is 17.8 Å². The number of nitrogens with zero attached hydrogens (tertiary/aromatic N) is 1. The van der Waals surface area contributed by atoms with Gasteiger partial charge in [0.25, 0.3) is 0 Å². The minimum atomic E-state index is -0.138. The van der Waals surface area contributed by atoms with Crippen LogP contribution in [0.5, 0.6) is 0 Å². The van der Waals surface area contributed by atoms with Crippen molar-refractivity contribution in [3.8, 4) is 0 Å². The SMILES string of the molecule is CC(CC1CN2CCC1CC2)C(N)=O. The van der Waals surface area contributed by atoms with Gasteiger partial charge < -0.3 is 10.6 Å². The maximum atomic E-state index is 11.0. The number of hydrogen-bond acceptors (Lipinski definition) is 2. The lowest BCUT2D eigenvalue weighted by Gasteiger charge is -2.45. The lowest BCUT2D eigenvalue weighted by Crippen LogP contribution is -2.48. The zero-order valence-electron chi connectivity index (χ0n) is 8.91. The van der Waals surface area contributed by atoms with E-state index in [9.17, 15) is 4.79 Å². The Morgan fingerprint density at radius 2 is 2.14 bits per heavy atom. The van der Waals surface area contributed by atoms with Crippen LogP contribution in [-0.2, 0) is 4.79 Å². The molecule has 0 aliphatic carbocycles. The fourth-order valence-corrected chi connectivity index (χ4v) is 2.92. The number of fused-ring (bicyclic) bond motifs is 3. The predicted molar refractivity (Wildman–Crippen MR) is 55.6 cm³/mol. The van der Waals surface area contributed by atoms with E-state index in [-0.39, 0.29) is 11.8 Å². The van der Waals surface area contributed by atoms with Crippen molar-refractivity contribution >= 4 is 5.91 Å². The molecule has 3 rings (SSSR count). The van der Waals surface area contributed by atoms with E-state index < -0.39 is 0 Å². The van der Waals surface area contributed by atoms with E-state index >= 15 is 0 Å². The van der Waals surface area contributed by atoms with Crippen molar-refractivity contribution in [1.82, 2.24) is 4.90 Å². The van der Waals surface area contributed by atoms with Gasteiger partial charge in [-0.3, -0.25) is 4.79 Å². The zero-order chi connectivity index (χ0) is 10.1. The highest BCUT2D eigenvalue weighted by atomic mass is 16.1. The second-order valence-electron chi connectivity index (χ2n) is 4.94. The second kappa shape index (κ2) is 3.89. The first kappa shape index (κ1) is 9.97. The molecule has 2 bridgehead atoms. The molecule has 0 saturated carbocycles. The van der Waals surface area contributed by atoms with Gasteiger partial charge >= 0.3 is 0 Å². The van der Waals surface area contributed by atoms with E-state index in [1.807, 2.05) is 6.92 Å². The van der Waals surface area contributed by atoms with E-state index in [0.717, 1.165) is 18.3 Å². The van der Waals surface area contributed by atoms with E-state index in [1.54, 1.807) is 0 Å². The zero-order valence-corrected chi connectivity index (χ0v) is 8.91. The summed E-state index contributed by atoms with van der Waals surface area (Å²) in [4.78, 5) is 13.5. The Labute approximate surface area is 85.6 Å². The maximum absolute atomic E-state index is 11.0. The van der Waals surface area contributed by atoms with Crippen LogP contribution in [0.4, 0.5) is 0 Å². The molecule has 0 aromatic heterocycles. The summed E-state index contributed by atoms with van der Waals surface area (Å²) < 4.78 is 0. The third-order valence-corrected chi connectivity index (χ3v) is 3.93. The smallest absolute Gasteiger partial charge is 0.220 e. The highest BCUT2D eigenvalue weighted by Crippen LogP contribution is 2.35.